The van der Waals surface area contributed by atoms with Crippen molar-refractivity contribution >= 4 is 11.4 Å². The molecule has 0 spiro atoms. The Balaban J connectivity index is 3.05. The maximum atomic E-state index is 13.8. The lowest BCUT2D eigenvalue weighted by atomic mass is 9.84. The van der Waals surface area contributed by atoms with Crippen LogP contribution >= 0.6 is 0 Å². The molecule has 0 aromatic heterocycles. The SMILES string of the molecule is CC(C)Oc1cc(NC(CCO)C(C)(C)C)c(N)cc1F. The summed E-state index contributed by atoms with van der Waals surface area (Å²) in [6, 6.07) is 2.86. The fourth-order valence-electron chi connectivity index (χ4n) is 2.08. The summed E-state index contributed by atoms with van der Waals surface area (Å²) < 4.78 is 19.3. The highest BCUT2D eigenvalue weighted by Crippen LogP contribution is 2.32. The molecule has 0 aliphatic carbocycles. The number of nitrogen functional groups attached to an aromatic ring is 1. The van der Waals surface area contributed by atoms with Crippen molar-refractivity contribution in [3.05, 3.63) is 17.9 Å². The third kappa shape index (κ3) is 5.08. The first-order chi connectivity index (χ1) is 9.65. The summed E-state index contributed by atoms with van der Waals surface area (Å²) >= 11 is 0. The van der Waals surface area contributed by atoms with Crippen molar-refractivity contribution in [3.8, 4) is 5.75 Å². The Kier molecular flexibility index (Phi) is 5.84. The van der Waals surface area contributed by atoms with Gasteiger partial charge in [0.1, 0.15) is 0 Å². The lowest BCUT2D eigenvalue weighted by molar-refractivity contribution is 0.230. The molecule has 0 saturated heterocycles. The zero-order chi connectivity index (χ0) is 16.2. The highest BCUT2D eigenvalue weighted by Gasteiger charge is 2.25. The van der Waals surface area contributed by atoms with Gasteiger partial charge in [0.05, 0.1) is 17.5 Å². The standard InChI is InChI=1S/C16H27FN2O2/c1-10(2)21-14-9-13(12(18)8-11(14)17)19-15(6-7-20)16(3,4)5/h8-10,15,19-20H,6-7,18H2,1-5H3. The summed E-state index contributed by atoms with van der Waals surface area (Å²) in [6.07, 6.45) is 0.465. The largest absolute Gasteiger partial charge is 0.488 e. The van der Waals surface area contributed by atoms with Gasteiger partial charge in [0.25, 0.3) is 0 Å². The van der Waals surface area contributed by atoms with E-state index in [1.165, 1.54) is 6.07 Å². The van der Waals surface area contributed by atoms with Gasteiger partial charge in [-0.15, -0.1) is 0 Å². The zero-order valence-electron chi connectivity index (χ0n) is 13.5. The van der Waals surface area contributed by atoms with Gasteiger partial charge in [-0.1, -0.05) is 20.8 Å². The molecule has 0 saturated carbocycles. The van der Waals surface area contributed by atoms with Crippen molar-refractivity contribution in [3.63, 3.8) is 0 Å². The van der Waals surface area contributed by atoms with Gasteiger partial charge in [-0.25, -0.2) is 4.39 Å². The minimum Gasteiger partial charge on any atom is -0.488 e. The third-order valence-corrected chi connectivity index (χ3v) is 3.26. The number of rotatable bonds is 6. The molecule has 1 rings (SSSR count). The number of nitrogens with two attached hydrogens (primary N) is 1. The maximum Gasteiger partial charge on any atom is 0.167 e. The van der Waals surface area contributed by atoms with Gasteiger partial charge in [-0.2, -0.15) is 0 Å². The van der Waals surface area contributed by atoms with E-state index in [0.717, 1.165) is 0 Å². The molecule has 5 heteroatoms. The fourth-order valence-corrected chi connectivity index (χ4v) is 2.08. The molecule has 21 heavy (non-hydrogen) atoms. The Morgan fingerprint density at radius 3 is 2.43 bits per heavy atom. The van der Waals surface area contributed by atoms with Gasteiger partial charge in [0.2, 0.25) is 0 Å². The van der Waals surface area contributed by atoms with E-state index in [0.29, 0.717) is 17.8 Å². The zero-order valence-corrected chi connectivity index (χ0v) is 13.5. The molecule has 0 heterocycles. The quantitative estimate of drug-likeness (QED) is 0.704. The van der Waals surface area contributed by atoms with Crippen LogP contribution in [0.15, 0.2) is 12.1 Å². The van der Waals surface area contributed by atoms with E-state index in [-0.39, 0.29) is 29.9 Å². The van der Waals surface area contributed by atoms with Crippen molar-refractivity contribution in [2.45, 2.75) is 53.2 Å². The molecule has 0 aliphatic heterocycles. The summed E-state index contributed by atoms with van der Waals surface area (Å²) in [7, 11) is 0. The lowest BCUT2D eigenvalue weighted by Crippen LogP contribution is -2.35. The molecule has 1 aromatic carbocycles. The number of aliphatic hydroxyl groups excluding tert-OH is 1. The number of ether oxygens (including phenoxy) is 1. The van der Waals surface area contributed by atoms with Crippen molar-refractivity contribution in [2.24, 2.45) is 5.41 Å². The predicted octanol–water partition coefficient (Wildman–Crippen LogP) is 3.40. The number of anilines is 2. The highest BCUT2D eigenvalue weighted by molar-refractivity contribution is 5.69. The van der Waals surface area contributed by atoms with Crippen molar-refractivity contribution in [1.29, 1.82) is 0 Å². The average Bonchev–Trinajstić information content (AvgIpc) is 2.32. The van der Waals surface area contributed by atoms with Crippen molar-refractivity contribution < 1.29 is 14.2 Å². The van der Waals surface area contributed by atoms with Crippen LogP contribution in [-0.4, -0.2) is 23.9 Å². The van der Waals surface area contributed by atoms with Crippen LogP contribution in [0.2, 0.25) is 0 Å². The molecule has 1 aromatic rings. The summed E-state index contributed by atoms with van der Waals surface area (Å²) in [5, 5.41) is 12.5. The molecule has 1 unspecified atom stereocenters. The Bertz CT molecular complexity index is 470. The van der Waals surface area contributed by atoms with Crippen LogP contribution in [0, 0.1) is 11.2 Å². The molecule has 4 nitrogen and oxygen atoms in total. The first kappa shape index (κ1) is 17.6. The molecular formula is C16H27FN2O2. The lowest BCUT2D eigenvalue weighted by Gasteiger charge is -2.32. The Morgan fingerprint density at radius 2 is 1.95 bits per heavy atom. The minimum atomic E-state index is -0.471. The van der Waals surface area contributed by atoms with Gasteiger partial charge >= 0.3 is 0 Å². The topological polar surface area (TPSA) is 67.5 Å². The predicted molar refractivity (Wildman–Crippen MR) is 85.1 cm³/mol. The number of nitrogens with one attached hydrogen (secondary N) is 1. The third-order valence-electron chi connectivity index (χ3n) is 3.26. The van der Waals surface area contributed by atoms with Crippen molar-refractivity contribution in [2.75, 3.05) is 17.7 Å². The monoisotopic (exact) mass is 298 g/mol. The molecular weight excluding hydrogens is 271 g/mol. The van der Waals surface area contributed by atoms with Crippen LogP contribution in [0.25, 0.3) is 0 Å². The summed E-state index contributed by atoms with van der Waals surface area (Å²) in [5.41, 5.74) is 6.78. The van der Waals surface area contributed by atoms with E-state index < -0.39 is 5.82 Å². The minimum absolute atomic E-state index is 0.0159. The number of halogens is 1. The van der Waals surface area contributed by atoms with Crippen LogP contribution in [0.3, 0.4) is 0 Å². The second kappa shape index (κ2) is 6.98. The summed E-state index contributed by atoms with van der Waals surface area (Å²) in [6.45, 7) is 9.98. The highest BCUT2D eigenvalue weighted by atomic mass is 19.1. The van der Waals surface area contributed by atoms with Crippen LogP contribution < -0.4 is 15.8 Å². The first-order valence-corrected chi connectivity index (χ1v) is 7.28. The van der Waals surface area contributed by atoms with Crippen molar-refractivity contribution in [1.82, 2.24) is 0 Å². The van der Waals surface area contributed by atoms with Gasteiger partial charge in [-0.3, -0.25) is 0 Å². The maximum absolute atomic E-state index is 13.8. The van der Waals surface area contributed by atoms with E-state index in [9.17, 15) is 9.50 Å². The molecule has 0 bridgehead atoms. The molecule has 4 N–H and O–H groups in total. The van der Waals surface area contributed by atoms with E-state index in [1.54, 1.807) is 6.07 Å². The molecule has 0 fully saturated rings. The molecule has 0 aliphatic rings. The first-order valence-electron chi connectivity index (χ1n) is 7.28. The van der Waals surface area contributed by atoms with E-state index in [1.807, 2.05) is 13.8 Å². The van der Waals surface area contributed by atoms with Gasteiger partial charge in [-0.05, 0) is 25.7 Å². The molecule has 0 amide bonds. The Morgan fingerprint density at radius 1 is 1.33 bits per heavy atom. The number of hydrogen-bond acceptors (Lipinski definition) is 4. The second-order valence-electron chi connectivity index (χ2n) is 6.61. The molecule has 1 atom stereocenters. The number of aliphatic hydroxyl groups is 1. The van der Waals surface area contributed by atoms with E-state index >= 15 is 0 Å². The molecule has 120 valence electrons. The van der Waals surface area contributed by atoms with Crippen LogP contribution in [-0.2, 0) is 0 Å². The van der Waals surface area contributed by atoms with Crippen LogP contribution in [0.4, 0.5) is 15.8 Å². The normalized spacial score (nSPS) is 13.3. The van der Waals surface area contributed by atoms with Crippen LogP contribution in [0.5, 0.6) is 5.75 Å². The van der Waals surface area contributed by atoms with Crippen LogP contribution in [0.1, 0.15) is 41.0 Å². The van der Waals surface area contributed by atoms with Gasteiger partial charge in [0, 0.05) is 24.8 Å². The fraction of sp³-hybridized carbons (Fsp3) is 0.625. The summed E-state index contributed by atoms with van der Waals surface area (Å²) in [5.74, 6) is -0.292. The van der Waals surface area contributed by atoms with Gasteiger partial charge < -0.3 is 20.9 Å². The van der Waals surface area contributed by atoms with E-state index in [2.05, 4.69) is 26.1 Å². The number of benzene rings is 1. The Labute approximate surface area is 126 Å². The van der Waals surface area contributed by atoms with Gasteiger partial charge in [0.15, 0.2) is 11.6 Å². The van der Waals surface area contributed by atoms with E-state index in [4.69, 9.17) is 10.5 Å². The second-order valence-corrected chi connectivity index (χ2v) is 6.61. The Hall–Kier alpha value is -1.49. The number of hydrogen-bond donors (Lipinski definition) is 3. The average molecular weight is 298 g/mol. The summed E-state index contributed by atoms with van der Waals surface area (Å²) in [4.78, 5) is 0. The molecule has 0 radical (unpaired) electrons. The smallest absolute Gasteiger partial charge is 0.167 e.